The summed E-state index contributed by atoms with van der Waals surface area (Å²) in [6.45, 7) is 0. The van der Waals surface area contributed by atoms with Crippen molar-refractivity contribution in [3.8, 4) is 22.3 Å². The van der Waals surface area contributed by atoms with E-state index in [4.69, 9.17) is 11.5 Å². The van der Waals surface area contributed by atoms with Gasteiger partial charge in [-0.3, -0.25) is 20.2 Å². The summed E-state index contributed by atoms with van der Waals surface area (Å²) in [6, 6.07) is 24.2. The fraction of sp³-hybridized carbons (Fsp3) is 0. The second-order valence-corrected chi connectivity index (χ2v) is 8.18. The number of nitrogens with zero attached hydrogens (tertiary/aromatic N) is 2. The van der Waals surface area contributed by atoms with Gasteiger partial charge in [0.25, 0.3) is 11.4 Å². The van der Waals surface area contributed by atoms with Crippen LogP contribution in [0, 0.1) is 20.2 Å². The maximum absolute atomic E-state index is 11.5. The van der Waals surface area contributed by atoms with Crippen LogP contribution in [-0.2, 0) is 0 Å². The molecule has 0 saturated heterocycles. The van der Waals surface area contributed by atoms with Gasteiger partial charge in [-0.1, -0.05) is 72.4 Å². The molecule has 0 aliphatic carbocycles. The number of nitro groups is 2. The molecule has 9 heteroatoms. The van der Waals surface area contributed by atoms with Crippen LogP contribution in [0.15, 0.2) is 94.7 Å². The van der Waals surface area contributed by atoms with Crippen LogP contribution in [0.4, 0.5) is 22.7 Å². The van der Waals surface area contributed by atoms with Gasteiger partial charge in [0.05, 0.1) is 9.85 Å². The minimum atomic E-state index is -0.518. The molecule has 4 aromatic rings. The Bertz CT molecular complexity index is 1260. The quantitative estimate of drug-likeness (QED) is 0.201. The van der Waals surface area contributed by atoms with Crippen molar-refractivity contribution < 1.29 is 9.85 Å². The van der Waals surface area contributed by atoms with E-state index >= 15 is 0 Å². The van der Waals surface area contributed by atoms with Crippen molar-refractivity contribution in [2.75, 3.05) is 11.5 Å². The molecule has 0 aliphatic rings. The van der Waals surface area contributed by atoms with Crippen LogP contribution in [0.5, 0.6) is 0 Å². The third kappa shape index (κ3) is 4.21. The Labute approximate surface area is 193 Å². The molecule has 0 bridgehead atoms. The number of nitro benzene ring substituents is 2. The first-order valence-corrected chi connectivity index (χ1v) is 10.6. The normalized spacial score (nSPS) is 10.7. The van der Waals surface area contributed by atoms with Gasteiger partial charge in [-0.15, -0.1) is 0 Å². The summed E-state index contributed by atoms with van der Waals surface area (Å²) < 4.78 is 0. The summed E-state index contributed by atoms with van der Waals surface area (Å²) in [5.41, 5.74) is 14.7. The molecule has 0 aromatic heterocycles. The van der Waals surface area contributed by atoms with E-state index in [1.54, 1.807) is 12.1 Å². The Morgan fingerprint density at radius 1 is 0.576 bits per heavy atom. The average Bonchev–Trinajstić information content (AvgIpc) is 2.80. The van der Waals surface area contributed by atoms with E-state index in [-0.39, 0.29) is 22.7 Å². The Balaban J connectivity index is 1.93. The smallest absolute Gasteiger partial charge is 0.292 e. The molecule has 0 fully saturated rings. The maximum atomic E-state index is 11.5. The van der Waals surface area contributed by atoms with E-state index < -0.39 is 9.85 Å². The van der Waals surface area contributed by atoms with E-state index in [0.29, 0.717) is 20.9 Å². The Kier molecular flexibility index (Phi) is 5.97. The van der Waals surface area contributed by atoms with Gasteiger partial charge in [0, 0.05) is 33.1 Å². The van der Waals surface area contributed by atoms with Crippen molar-refractivity contribution in [1.29, 1.82) is 0 Å². The molecule has 4 N–H and O–H groups in total. The highest BCUT2D eigenvalue weighted by Crippen LogP contribution is 2.48. The van der Waals surface area contributed by atoms with Gasteiger partial charge < -0.3 is 11.5 Å². The first kappa shape index (κ1) is 21.8. The Hall–Kier alpha value is -4.37. The molecular formula is C24H18N4O4S. The molecular weight excluding hydrogens is 440 g/mol. The van der Waals surface area contributed by atoms with Crippen LogP contribution < -0.4 is 11.5 Å². The van der Waals surface area contributed by atoms with Crippen molar-refractivity contribution in [2.45, 2.75) is 9.79 Å². The van der Waals surface area contributed by atoms with E-state index in [0.717, 1.165) is 11.1 Å². The molecule has 33 heavy (non-hydrogen) atoms. The van der Waals surface area contributed by atoms with E-state index in [9.17, 15) is 20.2 Å². The van der Waals surface area contributed by atoms with Gasteiger partial charge in [0.2, 0.25) is 0 Å². The second-order valence-electron chi connectivity index (χ2n) is 7.09. The Morgan fingerprint density at radius 3 is 1.27 bits per heavy atom. The van der Waals surface area contributed by atoms with Crippen molar-refractivity contribution >= 4 is 34.5 Å². The SMILES string of the molecule is Nc1c([N+](=O)[O-])ccc(Sc2ccc([N+](=O)[O-])c(N)c2-c2ccccc2)c1-c1ccccc1. The lowest BCUT2D eigenvalue weighted by Gasteiger charge is -2.16. The molecule has 4 rings (SSSR count). The van der Waals surface area contributed by atoms with Crippen LogP contribution in [0.25, 0.3) is 22.3 Å². The number of hydrogen-bond donors (Lipinski definition) is 2. The zero-order valence-electron chi connectivity index (χ0n) is 17.2. The van der Waals surface area contributed by atoms with Gasteiger partial charge >= 0.3 is 0 Å². The summed E-state index contributed by atoms with van der Waals surface area (Å²) in [4.78, 5) is 23.3. The first-order valence-electron chi connectivity index (χ1n) is 9.81. The van der Waals surface area contributed by atoms with E-state index in [1.165, 1.54) is 23.9 Å². The number of rotatable bonds is 6. The average molecular weight is 458 g/mol. The lowest BCUT2D eigenvalue weighted by atomic mass is 10.0. The lowest BCUT2D eigenvalue weighted by Crippen LogP contribution is -2.01. The molecule has 4 aromatic carbocycles. The highest BCUT2D eigenvalue weighted by atomic mass is 32.2. The maximum Gasteiger partial charge on any atom is 0.292 e. The fourth-order valence-corrected chi connectivity index (χ4v) is 4.76. The van der Waals surface area contributed by atoms with Crippen molar-refractivity contribution in [1.82, 2.24) is 0 Å². The molecule has 0 aliphatic heterocycles. The summed E-state index contributed by atoms with van der Waals surface area (Å²) in [5, 5.41) is 23.0. The molecule has 164 valence electrons. The molecule has 8 nitrogen and oxygen atoms in total. The highest BCUT2D eigenvalue weighted by molar-refractivity contribution is 7.99. The Morgan fingerprint density at radius 2 is 0.939 bits per heavy atom. The van der Waals surface area contributed by atoms with Crippen LogP contribution >= 0.6 is 11.8 Å². The minimum Gasteiger partial charge on any atom is -0.393 e. The minimum absolute atomic E-state index is 0.0485. The predicted octanol–water partition coefficient (Wildman–Crippen LogP) is 6.15. The number of benzene rings is 4. The fourth-order valence-electron chi connectivity index (χ4n) is 3.59. The van der Waals surface area contributed by atoms with Gasteiger partial charge in [0.15, 0.2) is 0 Å². The first-order chi connectivity index (χ1) is 15.9. The molecule has 0 saturated carbocycles. The summed E-state index contributed by atoms with van der Waals surface area (Å²) in [6.07, 6.45) is 0. The summed E-state index contributed by atoms with van der Waals surface area (Å²) >= 11 is 1.29. The third-order valence-corrected chi connectivity index (χ3v) is 6.23. The van der Waals surface area contributed by atoms with E-state index in [2.05, 4.69) is 0 Å². The topological polar surface area (TPSA) is 138 Å². The van der Waals surface area contributed by atoms with Crippen LogP contribution in [-0.4, -0.2) is 9.85 Å². The standard InChI is InChI=1S/C24H18N4O4S/c25-23-17(27(29)30)11-13-19(21(23)15-7-3-1-4-8-15)33-20-14-12-18(28(31)32)24(26)22(20)16-9-5-2-6-10-16/h1-14H,25-26H2. The number of hydrogen-bond acceptors (Lipinski definition) is 7. The number of nitrogen functional groups attached to an aromatic ring is 2. The molecule has 0 spiro atoms. The summed E-state index contributed by atoms with van der Waals surface area (Å²) in [5.74, 6) is 0. The largest absolute Gasteiger partial charge is 0.393 e. The van der Waals surface area contributed by atoms with Gasteiger partial charge in [-0.25, -0.2) is 0 Å². The molecule has 0 unspecified atom stereocenters. The zero-order valence-corrected chi connectivity index (χ0v) is 18.0. The lowest BCUT2D eigenvalue weighted by molar-refractivity contribution is -0.384. The summed E-state index contributed by atoms with van der Waals surface area (Å²) in [7, 11) is 0. The zero-order chi connectivity index (χ0) is 23.5. The molecule has 0 amide bonds. The van der Waals surface area contributed by atoms with Gasteiger partial charge in [0.1, 0.15) is 11.4 Å². The van der Waals surface area contributed by atoms with Crippen molar-refractivity contribution in [2.24, 2.45) is 0 Å². The van der Waals surface area contributed by atoms with Crippen molar-refractivity contribution in [3.63, 3.8) is 0 Å². The molecule has 0 atom stereocenters. The number of nitrogens with two attached hydrogens (primary N) is 2. The second kappa shape index (κ2) is 9.01. The van der Waals surface area contributed by atoms with Gasteiger partial charge in [-0.05, 0) is 23.3 Å². The van der Waals surface area contributed by atoms with Crippen LogP contribution in [0.3, 0.4) is 0 Å². The molecule has 0 heterocycles. The number of anilines is 2. The third-order valence-electron chi connectivity index (χ3n) is 5.11. The monoisotopic (exact) mass is 458 g/mol. The van der Waals surface area contributed by atoms with Crippen LogP contribution in [0.1, 0.15) is 0 Å². The van der Waals surface area contributed by atoms with Crippen molar-refractivity contribution in [3.05, 3.63) is 105 Å². The molecule has 0 radical (unpaired) electrons. The van der Waals surface area contributed by atoms with Gasteiger partial charge in [-0.2, -0.15) is 0 Å². The van der Waals surface area contributed by atoms with E-state index in [1.807, 2.05) is 60.7 Å². The highest BCUT2D eigenvalue weighted by Gasteiger charge is 2.24. The predicted molar refractivity (Wildman–Crippen MR) is 130 cm³/mol. The van der Waals surface area contributed by atoms with Crippen LogP contribution in [0.2, 0.25) is 0 Å².